The van der Waals surface area contributed by atoms with Crippen molar-refractivity contribution in [2.75, 3.05) is 31.8 Å². The Morgan fingerprint density at radius 1 is 1.48 bits per heavy atom. The fourth-order valence-corrected chi connectivity index (χ4v) is 2.09. The molecule has 0 aliphatic rings. The SMILES string of the molecule is CCN(C)C(=O)C(C)Nc1c(Cl)cc(N)cc1C(=O)OC. The molecule has 0 radical (unpaired) electrons. The van der Waals surface area contributed by atoms with Crippen molar-refractivity contribution < 1.29 is 14.3 Å². The summed E-state index contributed by atoms with van der Waals surface area (Å²) >= 11 is 6.12. The van der Waals surface area contributed by atoms with Crippen molar-refractivity contribution in [2.24, 2.45) is 0 Å². The van der Waals surface area contributed by atoms with Crippen molar-refractivity contribution in [3.63, 3.8) is 0 Å². The van der Waals surface area contributed by atoms with Gasteiger partial charge in [0.25, 0.3) is 0 Å². The highest BCUT2D eigenvalue weighted by Crippen LogP contribution is 2.30. The number of ether oxygens (including phenoxy) is 1. The number of hydrogen-bond acceptors (Lipinski definition) is 5. The fraction of sp³-hybridized carbons (Fsp3) is 0.429. The number of carbonyl (C=O) groups is 2. The van der Waals surface area contributed by atoms with Gasteiger partial charge in [0, 0.05) is 19.3 Å². The van der Waals surface area contributed by atoms with Crippen LogP contribution in [0.4, 0.5) is 11.4 Å². The first-order chi connectivity index (χ1) is 9.81. The molecule has 0 spiro atoms. The maximum absolute atomic E-state index is 12.1. The number of nitrogen functional groups attached to an aromatic ring is 1. The zero-order valence-corrected chi connectivity index (χ0v) is 13.3. The largest absolute Gasteiger partial charge is 0.465 e. The van der Waals surface area contributed by atoms with Crippen molar-refractivity contribution in [2.45, 2.75) is 19.9 Å². The number of nitrogens with one attached hydrogen (secondary N) is 1. The van der Waals surface area contributed by atoms with Gasteiger partial charge in [0.1, 0.15) is 6.04 Å². The third kappa shape index (κ3) is 4.01. The van der Waals surface area contributed by atoms with E-state index in [1.807, 2.05) is 6.92 Å². The highest BCUT2D eigenvalue weighted by atomic mass is 35.5. The van der Waals surface area contributed by atoms with Crippen LogP contribution in [0.25, 0.3) is 0 Å². The Kier molecular flexibility index (Phi) is 5.84. The minimum Gasteiger partial charge on any atom is -0.465 e. The first kappa shape index (κ1) is 17.1. The van der Waals surface area contributed by atoms with Crippen LogP contribution in [0.1, 0.15) is 24.2 Å². The summed E-state index contributed by atoms with van der Waals surface area (Å²) in [6.45, 7) is 4.16. The van der Waals surface area contributed by atoms with Crippen molar-refractivity contribution in [3.05, 3.63) is 22.7 Å². The van der Waals surface area contributed by atoms with Crippen LogP contribution in [0.2, 0.25) is 5.02 Å². The molecule has 1 aromatic rings. The van der Waals surface area contributed by atoms with E-state index in [1.165, 1.54) is 19.2 Å². The molecule has 0 aliphatic carbocycles. The molecule has 1 atom stereocenters. The maximum Gasteiger partial charge on any atom is 0.340 e. The quantitative estimate of drug-likeness (QED) is 0.641. The van der Waals surface area contributed by atoms with Crippen molar-refractivity contribution in [1.29, 1.82) is 0 Å². The Hall–Kier alpha value is -1.95. The second kappa shape index (κ2) is 7.17. The summed E-state index contributed by atoms with van der Waals surface area (Å²) in [5.74, 6) is -0.684. The van der Waals surface area contributed by atoms with Crippen LogP contribution >= 0.6 is 11.6 Å². The number of rotatable bonds is 5. The summed E-state index contributed by atoms with van der Waals surface area (Å²) in [6.07, 6.45) is 0. The first-order valence-electron chi connectivity index (χ1n) is 6.50. The van der Waals surface area contributed by atoms with E-state index in [9.17, 15) is 9.59 Å². The number of likely N-dealkylation sites (N-methyl/N-ethyl adjacent to an activating group) is 1. The van der Waals surface area contributed by atoms with Crippen molar-refractivity contribution in [3.8, 4) is 0 Å². The van der Waals surface area contributed by atoms with Crippen LogP contribution in [0.3, 0.4) is 0 Å². The predicted octanol–water partition coefficient (Wildman–Crippen LogP) is 1.99. The normalized spacial score (nSPS) is 11.7. The van der Waals surface area contributed by atoms with E-state index in [-0.39, 0.29) is 16.5 Å². The van der Waals surface area contributed by atoms with Crippen LogP contribution < -0.4 is 11.1 Å². The van der Waals surface area contributed by atoms with Gasteiger partial charge in [0.2, 0.25) is 5.91 Å². The Balaban J connectivity index is 3.12. The van der Waals surface area contributed by atoms with Gasteiger partial charge in [0.05, 0.1) is 23.4 Å². The second-order valence-corrected chi connectivity index (χ2v) is 5.04. The molecule has 1 amide bonds. The minimum absolute atomic E-state index is 0.110. The van der Waals surface area contributed by atoms with E-state index >= 15 is 0 Å². The summed E-state index contributed by atoms with van der Waals surface area (Å²) in [5, 5.41) is 3.22. The molecule has 0 saturated carbocycles. The van der Waals surface area contributed by atoms with Gasteiger partial charge in [0.15, 0.2) is 0 Å². The predicted molar refractivity (Wildman–Crippen MR) is 83.6 cm³/mol. The lowest BCUT2D eigenvalue weighted by Gasteiger charge is -2.23. The summed E-state index contributed by atoms with van der Waals surface area (Å²) in [5.41, 5.74) is 6.56. The maximum atomic E-state index is 12.1. The van der Waals surface area contributed by atoms with Gasteiger partial charge in [-0.25, -0.2) is 4.79 Å². The number of benzene rings is 1. The number of esters is 1. The van der Waals surface area contributed by atoms with E-state index in [4.69, 9.17) is 22.1 Å². The number of methoxy groups -OCH3 is 1. The summed E-state index contributed by atoms with van der Waals surface area (Å²) in [7, 11) is 2.97. The standard InChI is InChI=1S/C14H20ClN3O3/c1-5-18(3)13(19)8(2)17-12-10(14(20)21-4)6-9(16)7-11(12)15/h6-8,17H,5,16H2,1-4H3. The lowest BCUT2D eigenvalue weighted by molar-refractivity contribution is -0.130. The highest BCUT2D eigenvalue weighted by molar-refractivity contribution is 6.34. The smallest absolute Gasteiger partial charge is 0.340 e. The molecule has 6 nitrogen and oxygen atoms in total. The topological polar surface area (TPSA) is 84.7 Å². The van der Waals surface area contributed by atoms with Gasteiger partial charge in [-0.3, -0.25) is 4.79 Å². The molecule has 1 rings (SSSR count). The van der Waals surface area contributed by atoms with E-state index in [0.29, 0.717) is 17.9 Å². The third-order valence-corrected chi connectivity index (χ3v) is 3.40. The monoisotopic (exact) mass is 313 g/mol. The fourth-order valence-electron chi connectivity index (χ4n) is 1.81. The minimum atomic E-state index is -0.574. The molecule has 0 bridgehead atoms. The molecule has 0 heterocycles. The number of nitrogens with two attached hydrogens (primary N) is 1. The average molecular weight is 314 g/mol. The number of anilines is 2. The first-order valence-corrected chi connectivity index (χ1v) is 6.88. The van der Waals surface area contributed by atoms with Crippen molar-refractivity contribution in [1.82, 2.24) is 4.90 Å². The van der Waals surface area contributed by atoms with Crippen LogP contribution in [-0.2, 0) is 9.53 Å². The highest BCUT2D eigenvalue weighted by Gasteiger charge is 2.22. The summed E-state index contributed by atoms with van der Waals surface area (Å²) < 4.78 is 4.71. The average Bonchev–Trinajstić information content (AvgIpc) is 2.46. The van der Waals surface area contributed by atoms with Crippen molar-refractivity contribution >= 4 is 34.9 Å². The molecule has 0 saturated heterocycles. The van der Waals surface area contributed by atoms with Gasteiger partial charge in [-0.05, 0) is 26.0 Å². The van der Waals surface area contributed by atoms with Gasteiger partial charge in [-0.2, -0.15) is 0 Å². The molecule has 1 aromatic carbocycles. The number of nitrogens with zero attached hydrogens (tertiary/aromatic N) is 1. The summed E-state index contributed by atoms with van der Waals surface area (Å²) in [4.78, 5) is 25.5. The third-order valence-electron chi connectivity index (χ3n) is 3.10. The number of hydrogen-bond donors (Lipinski definition) is 2. The Bertz CT molecular complexity index is 549. The Labute approximate surface area is 129 Å². The van der Waals surface area contributed by atoms with Crippen LogP contribution in [0, 0.1) is 0 Å². The molecule has 0 aromatic heterocycles. The van der Waals surface area contributed by atoms with E-state index in [2.05, 4.69) is 5.32 Å². The van der Waals surface area contributed by atoms with Crippen LogP contribution in [0.5, 0.6) is 0 Å². The molecule has 7 heteroatoms. The van der Waals surface area contributed by atoms with E-state index in [0.717, 1.165) is 0 Å². The number of halogens is 1. The van der Waals surface area contributed by atoms with E-state index in [1.54, 1.807) is 18.9 Å². The summed E-state index contributed by atoms with van der Waals surface area (Å²) in [6, 6.07) is 2.43. The molecular formula is C14H20ClN3O3. The Morgan fingerprint density at radius 2 is 2.10 bits per heavy atom. The van der Waals surface area contributed by atoms with Crippen LogP contribution in [-0.4, -0.2) is 43.5 Å². The second-order valence-electron chi connectivity index (χ2n) is 4.64. The molecule has 0 fully saturated rings. The molecule has 116 valence electrons. The lowest BCUT2D eigenvalue weighted by atomic mass is 10.1. The van der Waals surface area contributed by atoms with Gasteiger partial charge in [-0.1, -0.05) is 11.6 Å². The number of amides is 1. The van der Waals surface area contributed by atoms with Gasteiger partial charge < -0.3 is 20.7 Å². The molecule has 1 unspecified atom stereocenters. The molecular weight excluding hydrogens is 294 g/mol. The lowest BCUT2D eigenvalue weighted by Crippen LogP contribution is -2.39. The Morgan fingerprint density at radius 3 is 2.62 bits per heavy atom. The van der Waals surface area contributed by atoms with Crippen LogP contribution in [0.15, 0.2) is 12.1 Å². The molecule has 21 heavy (non-hydrogen) atoms. The number of carbonyl (C=O) groups excluding carboxylic acids is 2. The van der Waals surface area contributed by atoms with Gasteiger partial charge in [-0.15, -0.1) is 0 Å². The zero-order chi connectivity index (χ0) is 16.2. The molecule has 0 aliphatic heterocycles. The van der Waals surface area contributed by atoms with E-state index < -0.39 is 12.0 Å². The zero-order valence-electron chi connectivity index (χ0n) is 12.6. The molecule has 3 N–H and O–H groups in total. The van der Waals surface area contributed by atoms with Gasteiger partial charge >= 0.3 is 5.97 Å².